The fourth-order valence-corrected chi connectivity index (χ4v) is 2.08. The molecule has 0 unspecified atom stereocenters. The van der Waals surface area contributed by atoms with Crippen molar-refractivity contribution >= 4 is 12.0 Å². The number of unbranched alkanes of at least 4 members (excludes halogenated alkanes) is 1. The maximum absolute atomic E-state index is 11.8. The number of nitrogens with one attached hydrogen (secondary N) is 2. The summed E-state index contributed by atoms with van der Waals surface area (Å²) in [7, 11) is 0. The molecule has 0 aromatic carbocycles. The monoisotopic (exact) mass is 296 g/mol. The summed E-state index contributed by atoms with van der Waals surface area (Å²) in [5, 5.41) is 14.5. The first-order chi connectivity index (χ1) is 10.0. The number of aryl methyl sites for hydroxylation is 1. The lowest BCUT2D eigenvalue weighted by Gasteiger charge is -2.28. The Hall–Kier alpha value is -2.05. The minimum absolute atomic E-state index is 0.354. The molecule has 0 radical (unpaired) electrons. The van der Waals surface area contributed by atoms with Crippen LogP contribution in [0.15, 0.2) is 18.7 Å². The first-order valence-electron chi connectivity index (χ1n) is 7.29. The smallest absolute Gasteiger partial charge is 0.329 e. The van der Waals surface area contributed by atoms with Gasteiger partial charge < -0.3 is 20.3 Å². The molecule has 0 aliphatic rings. The van der Waals surface area contributed by atoms with Gasteiger partial charge in [-0.25, -0.2) is 14.6 Å². The SMILES string of the molecule is CCC(CC)(NC(=O)NCCCCn1ccnc1)C(=O)O. The molecule has 0 bridgehead atoms. The summed E-state index contributed by atoms with van der Waals surface area (Å²) in [5.74, 6) is -0.997. The number of hydrogen-bond acceptors (Lipinski definition) is 3. The number of carbonyl (C=O) groups is 2. The Labute approximate surface area is 124 Å². The summed E-state index contributed by atoms with van der Waals surface area (Å²) in [5.41, 5.74) is -1.18. The van der Waals surface area contributed by atoms with Gasteiger partial charge in [-0.05, 0) is 25.7 Å². The van der Waals surface area contributed by atoms with Gasteiger partial charge in [-0.1, -0.05) is 13.8 Å². The van der Waals surface area contributed by atoms with Crippen LogP contribution in [-0.4, -0.2) is 38.7 Å². The van der Waals surface area contributed by atoms with E-state index in [1.165, 1.54) is 0 Å². The molecule has 118 valence electrons. The number of amides is 2. The highest BCUT2D eigenvalue weighted by molar-refractivity contribution is 5.86. The third-order valence-corrected chi connectivity index (χ3v) is 3.66. The zero-order chi connectivity index (χ0) is 15.7. The number of carbonyl (C=O) groups excluding carboxylic acids is 1. The van der Waals surface area contributed by atoms with E-state index in [0.29, 0.717) is 19.4 Å². The number of imidazole rings is 1. The van der Waals surface area contributed by atoms with Crippen molar-refractivity contribution in [3.05, 3.63) is 18.7 Å². The van der Waals surface area contributed by atoms with Crippen molar-refractivity contribution in [2.24, 2.45) is 0 Å². The lowest BCUT2D eigenvalue weighted by molar-refractivity contribution is -0.144. The second kappa shape index (κ2) is 8.28. The van der Waals surface area contributed by atoms with Crippen molar-refractivity contribution in [2.45, 2.75) is 51.6 Å². The molecular weight excluding hydrogens is 272 g/mol. The van der Waals surface area contributed by atoms with E-state index in [4.69, 9.17) is 0 Å². The Bertz CT molecular complexity index is 441. The number of aromatic nitrogens is 2. The quantitative estimate of drug-likeness (QED) is 0.603. The van der Waals surface area contributed by atoms with E-state index in [-0.39, 0.29) is 0 Å². The molecule has 0 fully saturated rings. The molecule has 3 N–H and O–H groups in total. The molecule has 0 aliphatic heterocycles. The zero-order valence-electron chi connectivity index (χ0n) is 12.6. The van der Waals surface area contributed by atoms with Gasteiger partial charge in [-0.3, -0.25) is 0 Å². The predicted octanol–water partition coefficient (Wildman–Crippen LogP) is 1.61. The normalized spacial score (nSPS) is 11.1. The third-order valence-electron chi connectivity index (χ3n) is 3.66. The molecule has 0 saturated carbocycles. The summed E-state index contributed by atoms with van der Waals surface area (Å²) in [6.07, 6.45) is 7.83. The Balaban J connectivity index is 2.25. The van der Waals surface area contributed by atoms with Gasteiger partial charge in [0.2, 0.25) is 0 Å². The van der Waals surface area contributed by atoms with Crippen molar-refractivity contribution < 1.29 is 14.7 Å². The average Bonchev–Trinajstić information content (AvgIpc) is 2.97. The molecule has 7 heteroatoms. The lowest BCUT2D eigenvalue weighted by Crippen LogP contribution is -2.56. The molecule has 1 aromatic rings. The Morgan fingerprint density at radius 1 is 1.29 bits per heavy atom. The highest BCUT2D eigenvalue weighted by atomic mass is 16.4. The lowest BCUT2D eigenvalue weighted by atomic mass is 9.93. The van der Waals surface area contributed by atoms with Gasteiger partial charge in [0.05, 0.1) is 6.33 Å². The van der Waals surface area contributed by atoms with Crippen molar-refractivity contribution in [1.29, 1.82) is 0 Å². The minimum atomic E-state index is -1.18. The summed E-state index contributed by atoms with van der Waals surface area (Å²) in [6.45, 7) is 4.88. The van der Waals surface area contributed by atoms with E-state index in [1.54, 1.807) is 26.4 Å². The molecule has 0 aliphatic carbocycles. The van der Waals surface area contributed by atoms with Gasteiger partial charge in [-0.2, -0.15) is 0 Å². The fraction of sp³-hybridized carbons (Fsp3) is 0.643. The minimum Gasteiger partial charge on any atom is -0.480 e. The summed E-state index contributed by atoms with van der Waals surface area (Å²) in [6, 6.07) is -0.427. The first-order valence-corrected chi connectivity index (χ1v) is 7.29. The van der Waals surface area contributed by atoms with E-state index in [0.717, 1.165) is 19.4 Å². The second-order valence-corrected chi connectivity index (χ2v) is 4.98. The Morgan fingerprint density at radius 2 is 2.00 bits per heavy atom. The van der Waals surface area contributed by atoms with Crippen LogP contribution in [0.1, 0.15) is 39.5 Å². The van der Waals surface area contributed by atoms with Gasteiger partial charge in [0, 0.05) is 25.5 Å². The Kier molecular flexibility index (Phi) is 6.71. The molecule has 7 nitrogen and oxygen atoms in total. The predicted molar refractivity (Wildman–Crippen MR) is 78.9 cm³/mol. The first kappa shape index (κ1) is 17.0. The van der Waals surface area contributed by atoms with Crippen LogP contribution in [0.3, 0.4) is 0 Å². The van der Waals surface area contributed by atoms with Crippen molar-refractivity contribution in [1.82, 2.24) is 20.2 Å². The third kappa shape index (κ3) is 5.09. The van der Waals surface area contributed by atoms with Crippen LogP contribution in [0.25, 0.3) is 0 Å². The van der Waals surface area contributed by atoms with Gasteiger partial charge in [0.1, 0.15) is 5.54 Å². The van der Waals surface area contributed by atoms with Crippen LogP contribution in [-0.2, 0) is 11.3 Å². The molecule has 0 spiro atoms. The molecule has 1 aromatic heterocycles. The zero-order valence-corrected chi connectivity index (χ0v) is 12.6. The van der Waals surface area contributed by atoms with Crippen LogP contribution in [0.2, 0.25) is 0 Å². The van der Waals surface area contributed by atoms with Crippen LogP contribution in [0.4, 0.5) is 4.79 Å². The van der Waals surface area contributed by atoms with Gasteiger partial charge in [-0.15, -0.1) is 0 Å². The van der Waals surface area contributed by atoms with Gasteiger partial charge in [0.15, 0.2) is 0 Å². The highest BCUT2D eigenvalue weighted by Crippen LogP contribution is 2.15. The van der Waals surface area contributed by atoms with E-state index >= 15 is 0 Å². The van der Waals surface area contributed by atoms with Gasteiger partial charge in [0.25, 0.3) is 0 Å². The largest absolute Gasteiger partial charge is 0.480 e. The van der Waals surface area contributed by atoms with E-state index < -0.39 is 17.5 Å². The molecule has 0 atom stereocenters. The topological polar surface area (TPSA) is 96.3 Å². The average molecular weight is 296 g/mol. The second-order valence-electron chi connectivity index (χ2n) is 4.98. The number of aliphatic carboxylic acids is 1. The number of rotatable bonds is 9. The van der Waals surface area contributed by atoms with Gasteiger partial charge >= 0.3 is 12.0 Å². The number of urea groups is 1. The molecule has 1 heterocycles. The molecule has 0 saturated heterocycles. The maximum Gasteiger partial charge on any atom is 0.329 e. The Morgan fingerprint density at radius 3 is 2.52 bits per heavy atom. The van der Waals surface area contributed by atoms with E-state index in [1.807, 2.05) is 10.8 Å². The summed E-state index contributed by atoms with van der Waals surface area (Å²) < 4.78 is 1.98. The standard InChI is InChI=1S/C14H24N4O3/c1-3-14(4-2,12(19)20)17-13(21)16-7-5-6-9-18-10-8-15-11-18/h8,10-11H,3-7,9H2,1-2H3,(H,19,20)(H2,16,17,21). The van der Waals surface area contributed by atoms with Crippen molar-refractivity contribution in [3.63, 3.8) is 0 Å². The van der Waals surface area contributed by atoms with Crippen LogP contribution in [0, 0.1) is 0 Å². The molecular formula is C14H24N4O3. The molecule has 2 amide bonds. The highest BCUT2D eigenvalue weighted by Gasteiger charge is 2.36. The van der Waals surface area contributed by atoms with E-state index in [9.17, 15) is 14.7 Å². The number of carboxylic acid groups (broad SMARTS) is 1. The fourth-order valence-electron chi connectivity index (χ4n) is 2.08. The van der Waals surface area contributed by atoms with Crippen LogP contribution < -0.4 is 10.6 Å². The number of nitrogens with zero attached hydrogens (tertiary/aromatic N) is 2. The molecule has 1 rings (SSSR count). The molecule has 21 heavy (non-hydrogen) atoms. The van der Waals surface area contributed by atoms with Crippen LogP contribution >= 0.6 is 0 Å². The number of hydrogen-bond donors (Lipinski definition) is 3. The van der Waals surface area contributed by atoms with E-state index in [2.05, 4.69) is 15.6 Å². The maximum atomic E-state index is 11.8. The summed E-state index contributed by atoms with van der Waals surface area (Å²) >= 11 is 0. The van der Waals surface area contributed by atoms with Crippen molar-refractivity contribution in [3.8, 4) is 0 Å². The summed E-state index contributed by atoms with van der Waals surface area (Å²) in [4.78, 5) is 27.0. The number of carboxylic acids is 1. The van der Waals surface area contributed by atoms with Crippen LogP contribution in [0.5, 0.6) is 0 Å². The van der Waals surface area contributed by atoms with Crippen molar-refractivity contribution in [2.75, 3.05) is 6.54 Å².